The zero-order valence-corrected chi connectivity index (χ0v) is 9.61. The summed E-state index contributed by atoms with van der Waals surface area (Å²) in [6.45, 7) is 3.42. The molecule has 5 nitrogen and oxygen atoms in total. The van der Waals surface area contributed by atoms with Gasteiger partial charge >= 0.3 is 6.09 Å². The van der Waals surface area contributed by atoms with Crippen molar-refractivity contribution in [1.29, 1.82) is 0 Å². The topological polar surface area (TPSA) is 64.8 Å². The molecule has 0 saturated carbocycles. The second kappa shape index (κ2) is 5.01. The van der Waals surface area contributed by atoms with E-state index in [1.54, 1.807) is 4.90 Å². The Hall–Kier alpha value is -0.810. The fourth-order valence-corrected chi connectivity index (χ4v) is 2.32. The molecule has 2 heterocycles. The van der Waals surface area contributed by atoms with Gasteiger partial charge in [-0.3, -0.25) is 0 Å². The van der Waals surface area contributed by atoms with Gasteiger partial charge in [-0.25, -0.2) is 4.79 Å². The first kappa shape index (κ1) is 11.7. The number of nitrogens with two attached hydrogens (primary N) is 1. The Morgan fingerprint density at radius 2 is 2.31 bits per heavy atom. The Morgan fingerprint density at radius 1 is 1.44 bits per heavy atom. The molecule has 92 valence electrons. The highest BCUT2D eigenvalue weighted by atomic mass is 16.6. The quantitative estimate of drug-likeness (QED) is 0.773. The molecule has 0 aliphatic carbocycles. The van der Waals surface area contributed by atoms with Crippen LogP contribution in [0.5, 0.6) is 0 Å². The van der Waals surface area contributed by atoms with Gasteiger partial charge in [-0.2, -0.15) is 0 Å². The lowest BCUT2D eigenvalue weighted by Gasteiger charge is -2.42. The molecule has 1 unspecified atom stereocenters. The van der Waals surface area contributed by atoms with Crippen LogP contribution in [0.2, 0.25) is 0 Å². The molecule has 16 heavy (non-hydrogen) atoms. The summed E-state index contributed by atoms with van der Waals surface area (Å²) in [4.78, 5) is 13.5. The van der Waals surface area contributed by atoms with Gasteiger partial charge in [0.25, 0.3) is 0 Å². The van der Waals surface area contributed by atoms with Gasteiger partial charge in [0.1, 0.15) is 5.60 Å². The summed E-state index contributed by atoms with van der Waals surface area (Å²) in [6, 6.07) is 0. The molecule has 0 bridgehead atoms. The first-order chi connectivity index (χ1) is 7.76. The monoisotopic (exact) mass is 228 g/mol. The molecular weight excluding hydrogens is 208 g/mol. The van der Waals surface area contributed by atoms with Gasteiger partial charge in [0.2, 0.25) is 0 Å². The van der Waals surface area contributed by atoms with E-state index in [9.17, 15) is 4.79 Å². The van der Waals surface area contributed by atoms with E-state index in [0.717, 1.165) is 38.8 Å². The van der Waals surface area contributed by atoms with E-state index in [0.29, 0.717) is 19.7 Å². The summed E-state index contributed by atoms with van der Waals surface area (Å²) in [5.41, 5.74) is 5.09. The van der Waals surface area contributed by atoms with Crippen molar-refractivity contribution < 1.29 is 14.3 Å². The van der Waals surface area contributed by atoms with Crippen LogP contribution in [0.25, 0.3) is 0 Å². The average molecular weight is 228 g/mol. The summed E-state index contributed by atoms with van der Waals surface area (Å²) < 4.78 is 11.0. The second-order valence-electron chi connectivity index (χ2n) is 4.59. The van der Waals surface area contributed by atoms with Crippen molar-refractivity contribution in [2.24, 2.45) is 5.73 Å². The fraction of sp³-hybridized carbons (Fsp3) is 0.909. The average Bonchev–Trinajstić information content (AvgIpc) is 2.29. The van der Waals surface area contributed by atoms with Gasteiger partial charge in [0.15, 0.2) is 0 Å². The van der Waals surface area contributed by atoms with Crippen molar-refractivity contribution in [1.82, 2.24) is 4.90 Å². The van der Waals surface area contributed by atoms with Gasteiger partial charge in [0.05, 0.1) is 6.61 Å². The molecular formula is C11H20N2O3. The van der Waals surface area contributed by atoms with Crippen molar-refractivity contribution in [3.05, 3.63) is 0 Å². The smallest absolute Gasteiger partial charge is 0.410 e. The maximum Gasteiger partial charge on any atom is 0.410 e. The van der Waals surface area contributed by atoms with Crippen molar-refractivity contribution in [2.45, 2.75) is 31.3 Å². The highest BCUT2D eigenvalue weighted by Crippen LogP contribution is 2.31. The molecule has 2 fully saturated rings. The molecule has 0 radical (unpaired) electrons. The molecule has 1 atom stereocenters. The normalized spacial score (nSPS) is 30.6. The van der Waals surface area contributed by atoms with Crippen LogP contribution in [0, 0.1) is 0 Å². The van der Waals surface area contributed by atoms with E-state index in [-0.39, 0.29) is 11.7 Å². The molecule has 0 aromatic rings. The van der Waals surface area contributed by atoms with Gasteiger partial charge in [-0.15, -0.1) is 0 Å². The summed E-state index contributed by atoms with van der Waals surface area (Å²) in [5, 5.41) is 0. The Balaban J connectivity index is 1.88. The minimum Gasteiger partial charge on any atom is -0.440 e. The van der Waals surface area contributed by atoms with E-state index < -0.39 is 0 Å². The van der Waals surface area contributed by atoms with Crippen molar-refractivity contribution in [3.63, 3.8) is 0 Å². The van der Waals surface area contributed by atoms with E-state index in [4.69, 9.17) is 15.2 Å². The predicted octanol–water partition coefficient (Wildman–Crippen LogP) is 0.727. The summed E-state index contributed by atoms with van der Waals surface area (Å²) in [7, 11) is 0. The van der Waals surface area contributed by atoms with Gasteiger partial charge in [-0.05, 0) is 25.8 Å². The molecule has 2 N–H and O–H groups in total. The van der Waals surface area contributed by atoms with Crippen LogP contribution in [0.3, 0.4) is 0 Å². The number of carbonyl (C=O) groups is 1. The zero-order chi connectivity index (χ0) is 11.4. The number of carbonyl (C=O) groups excluding carboxylic acids is 1. The van der Waals surface area contributed by atoms with E-state index >= 15 is 0 Å². The molecule has 1 amide bonds. The molecule has 2 rings (SSSR count). The van der Waals surface area contributed by atoms with Gasteiger partial charge in [0, 0.05) is 26.1 Å². The SMILES string of the molecule is NCCCN1CCC2(CCCOC2)OC1=O. The first-order valence-electron chi connectivity index (χ1n) is 6.01. The van der Waals surface area contributed by atoms with Crippen LogP contribution < -0.4 is 5.73 Å². The van der Waals surface area contributed by atoms with Crippen molar-refractivity contribution in [2.75, 3.05) is 32.8 Å². The number of hydrogen-bond acceptors (Lipinski definition) is 4. The zero-order valence-electron chi connectivity index (χ0n) is 9.61. The predicted molar refractivity (Wildman–Crippen MR) is 59.1 cm³/mol. The maximum atomic E-state index is 11.8. The van der Waals surface area contributed by atoms with Crippen LogP contribution in [0.15, 0.2) is 0 Å². The van der Waals surface area contributed by atoms with Crippen molar-refractivity contribution in [3.8, 4) is 0 Å². The minimum absolute atomic E-state index is 0.204. The van der Waals surface area contributed by atoms with E-state index in [1.807, 2.05) is 0 Å². The number of nitrogens with zero attached hydrogens (tertiary/aromatic N) is 1. The van der Waals surface area contributed by atoms with Crippen LogP contribution in [0.1, 0.15) is 25.7 Å². The number of rotatable bonds is 3. The van der Waals surface area contributed by atoms with Crippen LogP contribution >= 0.6 is 0 Å². The van der Waals surface area contributed by atoms with E-state index in [2.05, 4.69) is 0 Å². The number of hydrogen-bond donors (Lipinski definition) is 1. The lowest BCUT2D eigenvalue weighted by atomic mass is 9.91. The first-order valence-corrected chi connectivity index (χ1v) is 6.01. The molecule has 2 aliphatic heterocycles. The van der Waals surface area contributed by atoms with Crippen LogP contribution in [-0.4, -0.2) is 49.4 Å². The molecule has 2 saturated heterocycles. The third-order valence-corrected chi connectivity index (χ3v) is 3.32. The highest BCUT2D eigenvalue weighted by Gasteiger charge is 2.41. The van der Waals surface area contributed by atoms with Gasteiger partial charge < -0.3 is 20.1 Å². The number of ether oxygens (including phenoxy) is 2. The summed E-state index contributed by atoms with van der Waals surface area (Å²) >= 11 is 0. The Bertz CT molecular complexity index is 252. The largest absolute Gasteiger partial charge is 0.440 e. The molecule has 2 aliphatic rings. The Kier molecular flexibility index (Phi) is 3.66. The highest BCUT2D eigenvalue weighted by molar-refractivity contribution is 5.69. The molecule has 1 spiro atoms. The molecule has 0 aromatic heterocycles. The van der Waals surface area contributed by atoms with Gasteiger partial charge in [-0.1, -0.05) is 0 Å². The van der Waals surface area contributed by atoms with Crippen LogP contribution in [-0.2, 0) is 9.47 Å². The molecule has 0 aromatic carbocycles. The lowest BCUT2D eigenvalue weighted by molar-refractivity contribution is -0.122. The standard InChI is InChI=1S/C11H20N2O3/c12-5-2-6-13-7-4-11(16-10(13)14)3-1-8-15-9-11/h1-9,12H2. The number of amides is 1. The van der Waals surface area contributed by atoms with Crippen LogP contribution in [0.4, 0.5) is 4.79 Å². The Labute approximate surface area is 95.9 Å². The fourth-order valence-electron chi connectivity index (χ4n) is 2.32. The van der Waals surface area contributed by atoms with E-state index in [1.165, 1.54) is 0 Å². The maximum absolute atomic E-state index is 11.8. The second-order valence-corrected chi connectivity index (χ2v) is 4.59. The summed E-state index contributed by atoms with van der Waals surface area (Å²) in [5.74, 6) is 0. The molecule has 5 heteroatoms. The lowest BCUT2D eigenvalue weighted by Crippen LogP contribution is -2.53. The van der Waals surface area contributed by atoms with Crippen molar-refractivity contribution >= 4 is 6.09 Å². The summed E-state index contributed by atoms with van der Waals surface area (Å²) in [6.07, 6.45) is 3.42. The Morgan fingerprint density at radius 3 is 2.94 bits per heavy atom. The third kappa shape index (κ3) is 2.47. The third-order valence-electron chi connectivity index (χ3n) is 3.32. The minimum atomic E-state index is -0.339.